The molecule has 2 fully saturated rings. The minimum atomic E-state index is -0.997. The second-order valence-corrected chi connectivity index (χ2v) is 6.78. The Morgan fingerprint density at radius 1 is 1.23 bits per heavy atom. The molecule has 0 aromatic carbocycles. The predicted molar refractivity (Wildman–Crippen MR) is 91.4 cm³/mol. The van der Waals surface area contributed by atoms with Crippen LogP contribution in [-0.2, 0) is 11.2 Å². The molecule has 0 amide bonds. The minimum absolute atomic E-state index is 0.164. The molecule has 0 spiro atoms. The number of halogens is 1. The van der Waals surface area contributed by atoms with Crippen LogP contribution in [0.1, 0.15) is 12.6 Å². The van der Waals surface area contributed by atoms with Crippen LogP contribution in [-0.4, -0.2) is 57.2 Å². The quantitative estimate of drug-likeness (QED) is 0.865. The van der Waals surface area contributed by atoms with Gasteiger partial charge in [-0.05, 0) is 12.5 Å². The largest absolute Gasteiger partial charge is 0.481 e. The highest BCUT2D eigenvalue weighted by atomic mass is 19.1. The van der Waals surface area contributed by atoms with Gasteiger partial charge in [-0.25, -0.2) is 24.3 Å². The van der Waals surface area contributed by atoms with Crippen LogP contribution in [0.5, 0.6) is 0 Å². The van der Waals surface area contributed by atoms with Gasteiger partial charge >= 0.3 is 5.97 Å². The SMILES string of the molecule is CCc1ncnc(N2C[C@H]3CN(c4ncccn4)C[C@@]3(C(=O)O)C2)c1F. The number of aryl methyl sites for hydroxylation is 1. The molecule has 0 aliphatic carbocycles. The molecule has 4 heterocycles. The summed E-state index contributed by atoms with van der Waals surface area (Å²) >= 11 is 0. The summed E-state index contributed by atoms with van der Waals surface area (Å²) in [4.78, 5) is 32.2. The molecular weight excluding hydrogens is 339 g/mol. The average Bonchev–Trinajstić information content (AvgIpc) is 3.18. The Morgan fingerprint density at radius 2 is 1.92 bits per heavy atom. The van der Waals surface area contributed by atoms with E-state index in [4.69, 9.17) is 0 Å². The van der Waals surface area contributed by atoms with Crippen LogP contribution in [0.2, 0.25) is 0 Å². The topological polar surface area (TPSA) is 95.3 Å². The third-order valence-corrected chi connectivity index (χ3v) is 5.35. The maximum absolute atomic E-state index is 14.6. The Bertz CT molecular complexity index is 835. The lowest BCUT2D eigenvalue weighted by molar-refractivity contribution is -0.148. The van der Waals surface area contributed by atoms with E-state index in [-0.39, 0.29) is 18.3 Å². The number of fused-ring (bicyclic) bond motifs is 1. The Balaban J connectivity index is 1.63. The van der Waals surface area contributed by atoms with Crippen molar-refractivity contribution in [1.82, 2.24) is 19.9 Å². The Hall–Kier alpha value is -2.84. The Kier molecular flexibility index (Phi) is 3.93. The fraction of sp³-hybridized carbons (Fsp3) is 0.471. The molecule has 2 aliphatic heterocycles. The minimum Gasteiger partial charge on any atom is -0.481 e. The first-order valence-corrected chi connectivity index (χ1v) is 8.55. The van der Waals surface area contributed by atoms with Crippen LogP contribution in [0.4, 0.5) is 16.2 Å². The highest BCUT2D eigenvalue weighted by Crippen LogP contribution is 2.45. The summed E-state index contributed by atoms with van der Waals surface area (Å²) in [5, 5.41) is 9.95. The molecule has 4 rings (SSSR count). The summed E-state index contributed by atoms with van der Waals surface area (Å²) < 4.78 is 14.6. The van der Waals surface area contributed by atoms with Crippen molar-refractivity contribution in [1.29, 1.82) is 0 Å². The maximum atomic E-state index is 14.6. The molecule has 2 aromatic rings. The number of aromatic nitrogens is 4. The number of hydrogen-bond acceptors (Lipinski definition) is 7. The van der Waals surface area contributed by atoms with Gasteiger partial charge in [0.2, 0.25) is 5.95 Å². The molecule has 0 unspecified atom stereocenters. The van der Waals surface area contributed by atoms with Crippen LogP contribution in [0.25, 0.3) is 0 Å². The molecule has 2 atom stereocenters. The van der Waals surface area contributed by atoms with Gasteiger partial charge in [0.05, 0.1) is 5.69 Å². The normalized spacial score (nSPS) is 24.8. The van der Waals surface area contributed by atoms with Crippen molar-refractivity contribution in [3.63, 3.8) is 0 Å². The summed E-state index contributed by atoms with van der Waals surface area (Å²) in [6.45, 7) is 3.26. The zero-order valence-corrected chi connectivity index (χ0v) is 14.3. The van der Waals surface area contributed by atoms with Crippen molar-refractivity contribution in [2.24, 2.45) is 11.3 Å². The van der Waals surface area contributed by atoms with Gasteiger partial charge in [0.15, 0.2) is 11.6 Å². The predicted octanol–water partition coefficient (Wildman–Crippen LogP) is 0.995. The fourth-order valence-electron chi connectivity index (χ4n) is 4.00. The van der Waals surface area contributed by atoms with Gasteiger partial charge in [0.25, 0.3) is 0 Å². The summed E-state index contributed by atoms with van der Waals surface area (Å²) in [6, 6.07) is 1.72. The van der Waals surface area contributed by atoms with E-state index in [0.29, 0.717) is 37.7 Å². The molecule has 1 N–H and O–H groups in total. The second kappa shape index (κ2) is 6.15. The van der Waals surface area contributed by atoms with Crippen molar-refractivity contribution in [2.45, 2.75) is 13.3 Å². The van der Waals surface area contributed by atoms with Gasteiger partial charge in [-0.15, -0.1) is 0 Å². The summed E-state index contributed by atoms with van der Waals surface area (Å²) in [5.41, 5.74) is -0.654. The van der Waals surface area contributed by atoms with E-state index in [1.807, 2.05) is 11.8 Å². The highest BCUT2D eigenvalue weighted by molar-refractivity contribution is 5.79. The van der Waals surface area contributed by atoms with E-state index < -0.39 is 17.2 Å². The van der Waals surface area contributed by atoms with E-state index in [2.05, 4.69) is 19.9 Å². The first kappa shape index (κ1) is 16.6. The van der Waals surface area contributed by atoms with Crippen molar-refractivity contribution < 1.29 is 14.3 Å². The van der Waals surface area contributed by atoms with Gasteiger partial charge < -0.3 is 14.9 Å². The van der Waals surface area contributed by atoms with E-state index >= 15 is 0 Å². The third kappa shape index (κ3) is 2.46. The number of carboxylic acid groups (broad SMARTS) is 1. The first-order chi connectivity index (χ1) is 12.5. The molecule has 136 valence electrons. The zero-order chi connectivity index (χ0) is 18.3. The second-order valence-electron chi connectivity index (χ2n) is 6.78. The number of aliphatic carboxylic acids is 1. The van der Waals surface area contributed by atoms with E-state index in [1.165, 1.54) is 6.33 Å². The third-order valence-electron chi connectivity index (χ3n) is 5.35. The van der Waals surface area contributed by atoms with Gasteiger partial charge in [0.1, 0.15) is 11.7 Å². The number of anilines is 2. The average molecular weight is 358 g/mol. The molecule has 2 saturated heterocycles. The summed E-state index contributed by atoms with van der Waals surface area (Å²) in [7, 11) is 0. The Morgan fingerprint density at radius 3 is 2.58 bits per heavy atom. The molecule has 2 aliphatic rings. The number of hydrogen-bond donors (Lipinski definition) is 1. The first-order valence-electron chi connectivity index (χ1n) is 8.55. The van der Waals surface area contributed by atoms with Crippen LogP contribution < -0.4 is 9.80 Å². The molecular formula is C17H19FN6O2. The van der Waals surface area contributed by atoms with Gasteiger partial charge in [-0.2, -0.15) is 0 Å². The lowest BCUT2D eigenvalue weighted by Crippen LogP contribution is -2.41. The van der Waals surface area contributed by atoms with Crippen molar-refractivity contribution in [3.05, 3.63) is 36.3 Å². The fourth-order valence-corrected chi connectivity index (χ4v) is 4.00. The molecule has 9 heteroatoms. The van der Waals surface area contributed by atoms with Crippen LogP contribution in [0.3, 0.4) is 0 Å². The highest BCUT2D eigenvalue weighted by Gasteiger charge is 2.58. The van der Waals surface area contributed by atoms with Crippen LogP contribution >= 0.6 is 0 Å². The number of carboxylic acids is 1. The summed E-state index contributed by atoms with van der Waals surface area (Å²) in [6.07, 6.45) is 5.07. The zero-order valence-electron chi connectivity index (χ0n) is 14.3. The molecule has 0 radical (unpaired) electrons. The molecule has 26 heavy (non-hydrogen) atoms. The van der Waals surface area contributed by atoms with Crippen molar-refractivity contribution >= 4 is 17.7 Å². The molecule has 0 saturated carbocycles. The van der Waals surface area contributed by atoms with Gasteiger partial charge in [-0.1, -0.05) is 6.92 Å². The smallest absolute Gasteiger partial charge is 0.313 e. The summed E-state index contributed by atoms with van der Waals surface area (Å²) in [5.74, 6) is -0.791. The monoisotopic (exact) mass is 358 g/mol. The van der Waals surface area contributed by atoms with Crippen molar-refractivity contribution in [3.8, 4) is 0 Å². The maximum Gasteiger partial charge on any atom is 0.313 e. The van der Waals surface area contributed by atoms with Crippen molar-refractivity contribution in [2.75, 3.05) is 36.0 Å². The lowest BCUT2D eigenvalue weighted by Gasteiger charge is -2.26. The molecule has 8 nitrogen and oxygen atoms in total. The molecule has 0 bridgehead atoms. The van der Waals surface area contributed by atoms with E-state index in [0.717, 1.165) is 0 Å². The van der Waals surface area contributed by atoms with Crippen LogP contribution in [0.15, 0.2) is 24.8 Å². The number of carbonyl (C=O) groups is 1. The van der Waals surface area contributed by atoms with E-state index in [9.17, 15) is 14.3 Å². The lowest BCUT2D eigenvalue weighted by atomic mass is 9.81. The standard InChI is InChI=1S/C17H19FN6O2/c1-2-12-13(18)14(22-10-21-12)23-6-11-7-24(16-19-4-3-5-20-16)9-17(11,8-23)15(25)26/h3-5,10-11H,2,6-9H2,1H3,(H,25,26)/t11-,17-/m0/s1. The Labute approximate surface area is 149 Å². The molecule has 2 aromatic heterocycles. The van der Waals surface area contributed by atoms with Crippen LogP contribution in [0, 0.1) is 17.2 Å². The van der Waals surface area contributed by atoms with E-state index in [1.54, 1.807) is 23.4 Å². The number of nitrogens with zero attached hydrogens (tertiary/aromatic N) is 6. The van der Waals surface area contributed by atoms with Gasteiger partial charge in [0, 0.05) is 44.5 Å². The van der Waals surface area contributed by atoms with Gasteiger partial charge in [-0.3, -0.25) is 4.79 Å². The number of rotatable bonds is 4.